The molecule has 0 fully saturated rings. The quantitative estimate of drug-likeness (QED) is 0.407. The maximum Gasteiger partial charge on any atom is 0.329 e. The van der Waals surface area contributed by atoms with Crippen molar-refractivity contribution in [3.05, 3.63) is 52.0 Å². The number of rotatable bonds is 7. The van der Waals surface area contributed by atoms with Gasteiger partial charge in [-0.25, -0.2) is 5.43 Å². The van der Waals surface area contributed by atoms with Crippen molar-refractivity contribution in [1.82, 2.24) is 5.43 Å². The van der Waals surface area contributed by atoms with E-state index in [1.165, 1.54) is 6.21 Å². The number of hydrogen-bond donors (Lipinski definition) is 2. The van der Waals surface area contributed by atoms with Crippen LogP contribution in [0.15, 0.2) is 35.4 Å². The Morgan fingerprint density at radius 3 is 2.41 bits per heavy atom. The van der Waals surface area contributed by atoms with Gasteiger partial charge in [-0.1, -0.05) is 17.7 Å². The summed E-state index contributed by atoms with van der Waals surface area (Å²) in [5, 5.41) is 6.71. The van der Waals surface area contributed by atoms with E-state index in [0.29, 0.717) is 41.0 Å². The Kier molecular flexibility index (Phi) is 8.03. The van der Waals surface area contributed by atoms with Gasteiger partial charge in [0, 0.05) is 5.69 Å². The van der Waals surface area contributed by atoms with Crippen molar-refractivity contribution < 1.29 is 19.1 Å². The Hall–Kier alpha value is -3.06. The predicted molar refractivity (Wildman–Crippen MR) is 114 cm³/mol. The fourth-order valence-corrected chi connectivity index (χ4v) is 2.71. The summed E-state index contributed by atoms with van der Waals surface area (Å²) in [5.74, 6) is -0.779. The molecule has 2 N–H and O–H groups in total. The summed E-state index contributed by atoms with van der Waals surface area (Å²) < 4.78 is 11.0. The van der Waals surface area contributed by atoms with Gasteiger partial charge in [0.2, 0.25) is 0 Å². The highest BCUT2D eigenvalue weighted by atomic mass is 35.5. The summed E-state index contributed by atoms with van der Waals surface area (Å²) in [4.78, 5) is 24.0. The minimum atomic E-state index is -0.887. The molecule has 0 aliphatic rings. The van der Waals surface area contributed by atoms with Crippen molar-refractivity contribution in [1.29, 1.82) is 0 Å². The number of anilines is 1. The van der Waals surface area contributed by atoms with Gasteiger partial charge < -0.3 is 14.8 Å². The first-order chi connectivity index (χ1) is 13.8. The SMILES string of the molecule is CCOc1cc(/C=N\NC(=O)C(=O)Nc2ccc(C)c(C)c2)cc(Cl)c1OCC. The Balaban J connectivity index is 2.03. The van der Waals surface area contributed by atoms with Gasteiger partial charge in [-0.15, -0.1) is 0 Å². The summed E-state index contributed by atoms with van der Waals surface area (Å²) in [6.45, 7) is 8.46. The van der Waals surface area contributed by atoms with Gasteiger partial charge >= 0.3 is 11.8 Å². The van der Waals surface area contributed by atoms with Crippen LogP contribution >= 0.6 is 11.6 Å². The van der Waals surface area contributed by atoms with E-state index in [1.807, 2.05) is 33.8 Å². The van der Waals surface area contributed by atoms with Crippen LogP contribution in [-0.2, 0) is 9.59 Å². The second kappa shape index (κ2) is 10.5. The first-order valence-electron chi connectivity index (χ1n) is 9.16. The molecule has 2 aromatic rings. The topological polar surface area (TPSA) is 89.0 Å². The van der Waals surface area contributed by atoms with Crippen LogP contribution in [0.25, 0.3) is 0 Å². The highest BCUT2D eigenvalue weighted by Gasteiger charge is 2.14. The lowest BCUT2D eigenvalue weighted by Gasteiger charge is -2.13. The minimum absolute atomic E-state index is 0.359. The van der Waals surface area contributed by atoms with Crippen molar-refractivity contribution in [2.24, 2.45) is 5.10 Å². The van der Waals surface area contributed by atoms with E-state index in [2.05, 4.69) is 15.8 Å². The minimum Gasteiger partial charge on any atom is -0.490 e. The summed E-state index contributed by atoms with van der Waals surface area (Å²) in [6, 6.07) is 8.70. The number of halogens is 1. The number of nitrogens with one attached hydrogen (secondary N) is 2. The molecule has 7 nitrogen and oxygen atoms in total. The van der Waals surface area contributed by atoms with Crippen LogP contribution in [0, 0.1) is 13.8 Å². The number of ether oxygens (including phenoxy) is 2. The van der Waals surface area contributed by atoms with Crippen molar-refractivity contribution in [2.75, 3.05) is 18.5 Å². The predicted octanol–water partition coefficient (Wildman–Crippen LogP) is 3.84. The largest absolute Gasteiger partial charge is 0.490 e. The first kappa shape index (κ1) is 22.2. The molecular formula is C21H24ClN3O4. The standard InChI is InChI=1S/C21H24ClN3O4/c1-5-28-18-11-15(10-17(22)19(18)29-6-2)12-23-25-21(27)20(26)24-16-8-7-13(3)14(4)9-16/h7-12H,5-6H2,1-4H3,(H,24,26)(H,25,27)/b23-12-. The molecule has 2 aromatic carbocycles. The van der Waals surface area contributed by atoms with Crippen LogP contribution in [0.1, 0.15) is 30.5 Å². The molecule has 2 rings (SSSR count). The molecule has 0 aliphatic heterocycles. The average Bonchev–Trinajstić information content (AvgIpc) is 2.67. The lowest BCUT2D eigenvalue weighted by Crippen LogP contribution is -2.32. The van der Waals surface area contributed by atoms with Gasteiger partial charge in [-0.05, 0) is 68.7 Å². The smallest absolute Gasteiger partial charge is 0.329 e. The Morgan fingerprint density at radius 1 is 1.03 bits per heavy atom. The molecule has 29 heavy (non-hydrogen) atoms. The van der Waals surface area contributed by atoms with Gasteiger partial charge in [0.05, 0.1) is 24.5 Å². The summed E-state index contributed by atoms with van der Waals surface area (Å²) >= 11 is 6.24. The molecule has 0 unspecified atom stereocenters. The number of nitrogens with zero attached hydrogens (tertiary/aromatic N) is 1. The van der Waals surface area contributed by atoms with Gasteiger partial charge in [0.25, 0.3) is 0 Å². The van der Waals surface area contributed by atoms with Crippen LogP contribution in [0.2, 0.25) is 5.02 Å². The van der Waals surface area contributed by atoms with E-state index in [4.69, 9.17) is 21.1 Å². The lowest BCUT2D eigenvalue weighted by molar-refractivity contribution is -0.136. The molecule has 8 heteroatoms. The maximum atomic E-state index is 12.0. The Labute approximate surface area is 175 Å². The van der Waals surface area contributed by atoms with Crippen LogP contribution < -0.4 is 20.2 Å². The molecule has 0 atom stereocenters. The molecule has 0 heterocycles. The molecule has 0 bridgehead atoms. The fraction of sp³-hybridized carbons (Fsp3) is 0.286. The number of benzene rings is 2. The molecule has 0 aliphatic carbocycles. The highest BCUT2D eigenvalue weighted by molar-refractivity contribution is 6.39. The summed E-state index contributed by atoms with van der Waals surface area (Å²) in [6.07, 6.45) is 1.37. The number of carbonyl (C=O) groups excluding carboxylic acids is 2. The second-order valence-corrected chi connectivity index (χ2v) is 6.56. The van der Waals surface area contributed by atoms with Crippen molar-refractivity contribution in [3.63, 3.8) is 0 Å². The number of hydrazone groups is 1. The second-order valence-electron chi connectivity index (χ2n) is 6.15. The van der Waals surface area contributed by atoms with Crippen LogP contribution in [-0.4, -0.2) is 31.2 Å². The molecule has 0 aromatic heterocycles. The fourth-order valence-electron chi connectivity index (χ4n) is 2.43. The van der Waals surface area contributed by atoms with Crippen molar-refractivity contribution in [3.8, 4) is 11.5 Å². The third-order valence-corrected chi connectivity index (χ3v) is 4.25. The zero-order valence-electron chi connectivity index (χ0n) is 16.8. The van der Waals surface area contributed by atoms with Gasteiger partial charge in [0.1, 0.15) is 0 Å². The zero-order valence-corrected chi connectivity index (χ0v) is 17.6. The highest BCUT2D eigenvalue weighted by Crippen LogP contribution is 2.36. The van der Waals surface area contributed by atoms with Crippen LogP contribution in [0.3, 0.4) is 0 Å². The molecule has 0 saturated heterocycles. The number of aryl methyl sites for hydroxylation is 2. The molecule has 0 saturated carbocycles. The van der Waals surface area contributed by atoms with E-state index in [0.717, 1.165) is 11.1 Å². The number of amides is 2. The molecular weight excluding hydrogens is 394 g/mol. The molecule has 2 amide bonds. The molecule has 154 valence electrons. The van der Waals surface area contributed by atoms with E-state index in [1.54, 1.807) is 24.3 Å². The maximum absolute atomic E-state index is 12.0. The van der Waals surface area contributed by atoms with Crippen LogP contribution in [0.5, 0.6) is 11.5 Å². The summed E-state index contributed by atoms with van der Waals surface area (Å²) in [7, 11) is 0. The number of carbonyl (C=O) groups is 2. The molecule has 0 radical (unpaired) electrons. The molecule has 0 spiro atoms. The summed E-state index contributed by atoms with van der Waals surface area (Å²) in [5.41, 5.74) is 5.42. The Bertz CT molecular complexity index is 928. The zero-order chi connectivity index (χ0) is 21.4. The number of hydrogen-bond acceptors (Lipinski definition) is 5. The van der Waals surface area contributed by atoms with Gasteiger partial charge in [0.15, 0.2) is 11.5 Å². The monoisotopic (exact) mass is 417 g/mol. The van der Waals surface area contributed by atoms with Gasteiger partial charge in [-0.2, -0.15) is 5.10 Å². The van der Waals surface area contributed by atoms with Crippen LogP contribution in [0.4, 0.5) is 5.69 Å². The van der Waals surface area contributed by atoms with Crippen molar-refractivity contribution in [2.45, 2.75) is 27.7 Å². The average molecular weight is 418 g/mol. The Morgan fingerprint density at radius 2 is 1.76 bits per heavy atom. The van der Waals surface area contributed by atoms with Crippen molar-refractivity contribution >= 4 is 35.3 Å². The lowest BCUT2D eigenvalue weighted by atomic mass is 10.1. The van der Waals surface area contributed by atoms with Gasteiger partial charge in [-0.3, -0.25) is 9.59 Å². The normalized spacial score (nSPS) is 10.7. The van der Waals surface area contributed by atoms with E-state index >= 15 is 0 Å². The van der Waals surface area contributed by atoms with E-state index < -0.39 is 11.8 Å². The van der Waals surface area contributed by atoms with E-state index in [-0.39, 0.29) is 0 Å². The third kappa shape index (κ3) is 6.22. The van der Waals surface area contributed by atoms with E-state index in [9.17, 15) is 9.59 Å². The first-order valence-corrected chi connectivity index (χ1v) is 9.54. The third-order valence-electron chi connectivity index (χ3n) is 3.97.